The van der Waals surface area contributed by atoms with Gasteiger partial charge in [0, 0.05) is 5.69 Å². The lowest BCUT2D eigenvalue weighted by molar-refractivity contribution is -0.115. The normalized spacial score (nSPS) is 12.4. The molecule has 1 heterocycles. The van der Waals surface area contributed by atoms with Crippen molar-refractivity contribution < 1.29 is 9.18 Å². The van der Waals surface area contributed by atoms with Gasteiger partial charge in [0.25, 0.3) is 0 Å². The van der Waals surface area contributed by atoms with E-state index in [0.29, 0.717) is 6.42 Å². The molecule has 4 rings (SSSR count). The van der Waals surface area contributed by atoms with Gasteiger partial charge in [-0.05, 0) is 57.6 Å². The summed E-state index contributed by atoms with van der Waals surface area (Å²) in [6.45, 7) is 0. The van der Waals surface area contributed by atoms with Gasteiger partial charge in [0.1, 0.15) is 5.82 Å². The van der Waals surface area contributed by atoms with Gasteiger partial charge in [-0.2, -0.15) is 5.26 Å². The number of benzene rings is 3. The van der Waals surface area contributed by atoms with Gasteiger partial charge in [0.05, 0.1) is 18.9 Å². The fraction of sp³-hybridized carbons (Fsp3) is 0.0909. The molecule has 1 aliphatic rings. The summed E-state index contributed by atoms with van der Waals surface area (Å²) in [6.07, 6.45) is 0.633. The molecule has 0 saturated heterocycles. The number of carbonyl (C=O) groups excluding carboxylic acids is 1. The summed E-state index contributed by atoms with van der Waals surface area (Å²) in [7, 11) is 0. The van der Waals surface area contributed by atoms with Gasteiger partial charge < -0.3 is 5.32 Å². The fourth-order valence-corrected chi connectivity index (χ4v) is 3.43. The molecule has 3 nitrogen and oxygen atoms in total. The molecule has 0 saturated carbocycles. The largest absolute Gasteiger partial charge is 0.326 e. The van der Waals surface area contributed by atoms with Crippen LogP contribution in [0.3, 0.4) is 0 Å². The number of nitrogens with one attached hydrogen (secondary N) is 1. The van der Waals surface area contributed by atoms with Gasteiger partial charge in [-0.25, -0.2) is 4.39 Å². The third-order valence-corrected chi connectivity index (χ3v) is 4.59. The Morgan fingerprint density at radius 2 is 1.81 bits per heavy atom. The number of nitriles is 1. The Morgan fingerprint density at radius 3 is 2.58 bits per heavy atom. The highest BCUT2D eigenvalue weighted by atomic mass is 19.1. The van der Waals surface area contributed by atoms with Gasteiger partial charge >= 0.3 is 0 Å². The minimum absolute atomic E-state index is 0.0128. The van der Waals surface area contributed by atoms with Crippen molar-refractivity contribution in [3.05, 3.63) is 77.6 Å². The summed E-state index contributed by atoms with van der Waals surface area (Å²) in [4.78, 5) is 11.6. The summed E-state index contributed by atoms with van der Waals surface area (Å²) in [5, 5.41) is 12.1. The van der Waals surface area contributed by atoms with E-state index < -0.39 is 0 Å². The van der Waals surface area contributed by atoms with Crippen LogP contribution in [0.5, 0.6) is 0 Å². The van der Waals surface area contributed by atoms with E-state index in [-0.39, 0.29) is 18.1 Å². The van der Waals surface area contributed by atoms with Gasteiger partial charge in [-0.1, -0.05) is 36.4 Å². The van der Waals surface area contributed by atoms with E-state index in [1.54, 1.807) is 12.1 Å². The number of carbonyl (C=O) groups is 1. The van der Waals surface area contributed by atoms with Gasteiger partial charge in [0.2, 0.25) is 5.91 Å². The number of rotatable bonds is 3. The molecular formula is C22H15FN2O. The molecule has 0 bridgehead atoms. The lowest BCUT2D eigenvalue weighted by Gasteiger charge is -2.15. The van der Waals surface area contributed by atoms with Gasteiger partial charge in [-0.3, -0.25) is 4.79 Å². The van der Waals surface area contributed by atoms with E-state index in [1.165, 1.54) is 12.1 Å². The van der Waals surface area contributed by atoms with Crippen molar-refractivity contribution in [2.45, 2.75) is 12.8 Å². The Morgan fingerprint density at radius 1 is 1.04 bits per heavy atom. The molecule has 0 spiro atoms. The second kappa shape index (κ2) is 6.45. The number of hydrogen-bond donors (Lipinski definition) is 1. The second-order valence-electron chi connectivity index (χ2n) is 6.28. The summed E-state index contributed by atoms with van der Waals surface area (Å²) in [5.41, 5.74) is 6.41. The molecule has 0 radical (unpaired) electrons. The van der Waals surface area contributed by atoms with E-state index in [0.717, 1.165) is 39.1 Å². The van der Waals surface area contributed by atoms with E-state index in [2.05, 4.69) is 11.4 Å². The van der Waals surface area contributed by atoms with Crippen molar-refractivity contribution in [3.63, 3.8) is 0 Å². The van der Waals surface area contributed by atoms with Crippen LogP contribution < -0.4 is 5.32 Å². The molecule has 4 heteroatoms. The quantitative estimate of drug-likeness (QED) is 0.749. The minimum Gasteiger partial charge on any atom is -0.326 e. The molecule has 0 unspecified atom stereocenters. The predicted molar refractivity (Wildman–Crippen MR) is 98.9 cm³/mol. The van der Waals surface area contributed by atoms with Crippen molar-refractivity contribution in [3.8, 4) is 28.3 Å². The molecule has 1 amide bonds. The number of amides is 1. The molecule has 126 valence electrons. The number of anilines is 1. The predicted octanol–water partition coefficient (Wildman–Crippen LogP) is 4.72. The van der Waals surface area contributed by atoms with Crippen molar-refractivity contribution in [1.82, 2.24) is 0 Å². The van der Waals surface area contributed by atoms with Crippen molar-refractivity contribution in [2.24, 2.45) is 0 Å². The fourth-order valence-electron chi connectivity index (χ4n) is 3.43. The molecule has 3 aromatic carbocycles. The zero-order chi connectivity index (χ0) is 18.1. The summed E-state index contributed by atoms with van der Waals surface area (Å²) in [5.74, 6) is -0.299. The van der Waals surface area contributed by atoms with Crippen LogP contribution in [0.2, 0.25) is 0 Å². The number of halogens is 1. The van der Waals surface area contributed by atoms with Gasteiger partial charge in [-0.15, -0.1) is 0 Å². The topological polar surface area (TPSA) is 52.9 Å². The number of fused-ring (bicyclic) bond motifs is 1. The monoisotopic (exact) mass is 342 g/mol. The minimum atomic E-state index is -0.286. The van der Waals surface area contributed by atoms with Crippen LogP contribution >= 0.6 is 0 Å². The molecule has 0 atom stereocenters. The molecule has 1 N–H and O–H groups in total. The SMILES string of the molecule is N#CCc1cccc(-c2ccc(F)cc2)c1-c1ccc2c(c1)CC(=O)N2. The summed E-state index contributed by atoms with van der Waals surface area (Å²) in [6, 6.07) is 20.2. The van der Waals surface area contributed by atoms with Crippen molar-refractivity contribution >= 4 is 11.6 Å². The van der Waals surface area contributed by atoms with E-state index in [1.807, 2.05) is 36.4 Å². The molecule has 1 aliphatic heterocycles. The first kappa shape index (κ1) is 16.0. The number of nitrogens with zero attached hydrogens (tertiary/aromatic N) is 1. The Hall–Kier alpha value is -3.45. The van der Waals surface area contributed by atoms with E-state index in [4.69, 9.17) is 0 Å². The highest BCUT2D eigenvalue weighted by Crippen LogP contribution is 2.37. The van der Waals surface area contributed by atoms with Crippen LogP contribution in [-0.2, 0) is 17.6 Å². The van der Waals surface area contributed by atoms with Gasteiger partial charge in [0.15, 0.2) is 0 Å². The van der Waals surface area contributed by atoms with E-state index >= 15 is 0 Å². The zero-order valence-electron chi connectivity index (χ0n) is 13.9. The van der Waals surface area contributed by atoms with E-state index in [9.17, 15) is 14.4 Å². The van der Waals surface area contributed by atoms with Crippen molar-refractivity contribution in [2.75, 3.05) is 5.32 Å². The van der Waals surface area contributed by atoms with Crippen LogP contribution in [0.4, 0.5) is 10.1 Å². The maximum atomic E-state index is 13.3. The Balaban J connectivity index is 1.92. The highest BCUT2D eigenvalue weighted by Gasteiger charge is 2.20. The zero-order valence-corrected chi connectivity index (χ0v) is 13.9. The van der Waals surface area contributed by atoms with Crippen LogP contribution in [0.15, 0.2) is 60.7 Å². The Kier molecular flexibility index (Phi) is 3.98. The Bertz CT molecular complexity index is 1050. The van der Waals surface area contributed by atoms with Crippen molar-refractivity contribution in [1.29, 1.82) is 5.26 Å². The standard InChI is InChI=1S/C22H15FN2O/c23-18-7-4-14(5-8-18)19-3-1-2-15(10-11-24)22(19)16-6-9-20-17(12-16)13-21(26)25-20/h1-9,12H,10,13H2,(H,25,26). The second-order valence-corrected chi connectivity index (χ2v) is 6.28. The first-order valence-electron chi connectivity index (χ1n) is 8.33. The van der Waals surface area contributed by atoms with Crippen LogP contribution in [0.1, 0.15) is 11.1 Å². The van der Waals surface area contributed by atoms with Crippen LogP contribution in [0, 0.1) is 17.1 Å². The average molecular weight is 342 g/mol. The summed E-state index contributed by atoms with van der Waals surface area (Å²) >= 11 is 0. The third kappa shape index (κ3) is 2.84. The molecule has 0 fully saturated rings. The Labute approximate surface area is 150 Å². The smallest absolute Gasteiger partial charge is 0.228 e. The molecule has 0 aliphatic carbocycles. The lowest BCUT2D eigenvalue weighted by atomic mass is 9.88. The number of hydrogen-bond acceptors (Lipinski definition) is 2. The lowest BCUT2D eigenvalue weighted by Crippen LogP contribution is -2.03. The maximum absolute atomic E-state index is 13.3. The first-order chi connectivity index (χ1) is 12.7. The third-order valence-electron chi connectivity index (χ3n) is 4.59. The highest BCUT2D eigenvalue weighted by molar-refractivity contribution is 6.00. The maximum Gasteiger partial charge on any atom is 0.228 e. The molecule has 3 aromatic rings. The molecule has 0 aromatic heterocycles. The first-order valence-corrected chi connectivity index (χ1v) is 8.33. The molecular weight excluding hydrogens is 327 g/mol. The van der Waals surface area contributed by atoms with Crippen LogP contribution in [-0.4, -0.2) is 5.91 Å². The summed E-state index contributed by atoms with van der Waals surface area (Å²) < 4.78 is 13.3. The van der Waals surface area contributed by atoms with Crippen LogP contribution in [0.25, 0.3) is 22.3 Å². The average Bonchev–Trinajstić information content (AvgIpc) is 3.01. The molecule has 26 heavy (non-hydrogen) atoms.